The van der Waals surface area contributed by atoms with Gasteiger partial charge in [0.1, 0.15) is 5.82 Å². The van der Waals surface area contributed by atoms with Crippen LogP contribution in [0.1, 0.15) is 12.8 Å². The van der Waals surface area contributed by atoms with Crippen LogP contribution in [0.25, 0.3) is 0 Å². The first-order valence-corrected chi connectivity index (χ1v) is 5.19. The number of hydrogen-bond acceptors (Lipinski definition) is 4. The summed E-state index contributed by atoms with van der Waals surface area (Å²) in [6, 6.07) is 0.334. The minimum absolute atomic E-state index is 0.334. The summed E-state index contributed by atoms with van der Waals surface area (Å²) in [7, 11) is 0. The highest BCUT2D eigenvalue weighted by Gasteiger charge is 2.17. The Morgan fingerprint density at radius 3 is 3.25 bits per heavy atom. The molecular formula is C8H13N3S. The summed E-state index contributed by atoms with van der Waals surface area (Å²) >= 11 is 1.64. The van der Waals surface area contributed by atoms with Crippen LogP contribution in [0, 0.1) is 0 Å². The molecule has 0 aliphatic carbocycles. The molecule has 1 atom stereocenters. The molecular weight excluding hydrogens is 170 g/mol. The maximum Gasteiger partial charge on any atom is 0.139 e. The lowest BCUT2D eigenvalue weighted by molar-refractivity contribution is 0.504. The molecule has 1 saturated heterocycles. The van der Waals surface area contributed by atoms with E-state index in [1.165, 1.54) is 6.42 Å². The molecule has 2 N–H and O–H groups in total. The lowest BCUT2D eigenvalue weighted by Crippen LogP contribution is -2.42. The van der Waals surface area contributed by atoms with Crippen molar-refractivity contribution in [3.05, 3.63) is 10.9 Å². The van der Waals surface area contributed by atoms with Gasteiger partial charge >= 0.3 is 0 Å². The first kappa shape index (κ1) is 8.01. The van der Waals surface area contributed by atoms with E-state index in [4.69, 9.17) is 5.73 Å². The van der Waals surface area contributed by atoms with E-state index in [-0.39, 0.29) is 0 Å². The normalized spacial score (nSPS) is 24.4. The fraction of sp³-hybridized carbons (Fsp3) is 0.625. The summed E-state index contributed by atoms with van der Waals surface area (Å²) in [6.07, 6.45) is 2.35. The van der Waals surface area contributed by atoms with E-state index in [1.807, 2.05) is 5.51 Å². The molecule has 1 aliphatic rings. The van der Waals surface area contributed by atoms with E-state index in [2.05, 4.69) is 15.3 Å². The number of piperidine rings is 1. The number of aromatic nitrogens is 1. The standard InChI is InChI=1S/C8H13N3S/c9-7-2-1-3-11(4-7)8-5-12-6-10-8/h5-7H,1-4,9H2. The SMILES string of the molecule is NC1CCCN(c2cscn2)C1. The van der Waals surface area contributed by atoms with Crippen LogP contribution in [-0.4, -0.2) is 24.1 Å². The molecule has 0 bridgehead atoms. The minimum Gasteiger partial charge on any atom is -0.354 e. The molecule has 0 radical (unpaired) electrons. The third kappa shape index (κ3) is 1.59. The molecule has 12 heavy (non-hydrogen) atoms. The number of rotatable bonds is 1. The van der Waals surface area contributed by atoms with Crippen molar-refractivity contribution < 1.29 is 0 Å². The lowest BCUT2D eigenvalue weighted by Gasteiger charge is -2.30. The van der Waals surface area contributed by atoms with Crippen molar-refractivity contribution in [1.82, 2.24) is 4.98 Å². The Bertz CT molecular complexity index is 234. The molecule has 1 aliphatic heterocycles. The van der Waals surface area contributed by atoms with Crippen LogP contribution >= 0.6 is 11.3 Å². The number of thiazole rings is 1. The predicted molar refractivity (Wildman–Crippen MR) is 51.5 cm³/mol. The van der Waals surface area contributed by atoms with Crippen molar-refractivity contribution >= 4 is 17.2 Å². The third-order valence-corrected chi connectivity index (χ3v) is 2.78. The van der Waals surface area contributed by atoms with Gasteiger partial charge in [-0.25, -0.2) is 4.98 Å². The van der Waals surface area contributed by atoms with Gasteiger partial charge in [-0.3, -0.25) is 0 Å². The van der Waals surface area contributed by atoms with Crippen molar-refractivity contribution in [3.63, 3.8) is 0 Å². The van der Waals surface area contributed by atoms with Crippen molar-refractivity contribution in [2.45, 2.75) is 18.9 Å². The highest BCUT2D eigenvalue weighted by molar-refractivity contribution is 7.07. The Morgan fingerprint density at radius 1 is 1.67 bits per heavy atom. The molecule has 2 rings (SSSR count). The molecule has 1 unspecified atom stereocenters. The summed E-state index contributed by atoms with van der Waals surface area (Å²) in [4.78, 5) is 6.53. The molecule has 3 nitrogen and oxygen atoms in total. The molecule has 4 heteroatoms. The molecule has 1 aromatic heterocycles. The molecule has 0 spiro atoms. The van der Waals surface area contributed by atoms with E-state index in [0.717, 1.165) is 25.3 Å². The van der Waals surface area contributed by atoms with E-state index in [0.29, 0.717) is 6.04 Å². The molecule has 0 saturated carbocycles. The average molecular weight is 183 g/mol. The third-order valence-electron chi connectivity index (χ3n) is 2.20. The van der Waals surface area contributed by atoms with Gasteiger partial charge < -0.3 is 10.6 Å². The van der Waals surface area contributed by atoms with Gasteiger partial charge in [0.25, 0.3) is 0 Å². The summed E-state index contributed by atoms with van der Waals surface area (Å²) in [5.41, 5.74) is 7.74. The summed E-state index contributed by atoms with van der Waals surface area (Å²) in [5.74, 6) is 1.09. The van der Waals surface area contributed by atoms with E-state index >= 15 is 0 Å². The Kier molecular flexibility index (Phi) is 2.28. The molecule has 0 aromatic carbocycles. The maximum absolute atomic E-state index is 5.87. The predicted octanol–water partition coefficient (Wildman–Crippen LogP) is 1.07. The summed E-state index contributed by atoms with van der Waals surface area (Å²) in [5, 5.41) is 2.08. The van der Waals surface area contributed by atoms with Crippen LogP contribution in [0.4, 0.5) is 5.82 Å². The average Bonchev–Trinajstić information content (AvgIpc) is 2.56. The van der Waals surface area contributed by atoms with Gasteiger partial charge in [0.05, 0.1) is 5.51 Å². The fourth-order valence-corrected chi connectivity index (χ4v) is 2.14. The number of anilines is 1. The minimum atomic E-state index is 0.334. The topological polar surface area (TPSA) is 42.1 Å². The monoisotopic (exact) mass is 183 g/mol. The van der Waals surface area contributed by atoms with Crippen molar-refractivity contribution in [1.29, 1.82) is 0 Å². The molecule has 1 fully saturated rings. The quantitative estimate of drug-likeness (QED) is 0.708. The largest absolute Gasteiger partial charge is 0.354 e. The van der Waals surface area contributed by atoms with E-state index in [9.17, 15) is 0 Å². The Hall–Kier alpha value is -0.610. The second-order valence-electron chi connectivity index (χ2n) is 3.19. The van der Waals surface area contributed by atoms with Crippen LogP contribution < -0.4 is 10.6 Å². The van der Waals surface area contributed by atoms with Crippen molar-refractivity contribution in [2.75, 3.05) is 18.0 Å². The van der Waals surface area contributed by atoms with Gasteiger partial charge in [0.2, 0.25) is 0 Å². The Balaban J connectivity index is 2.04. The van der Waals surface area contributed by atoms with Gasteiger partial charge in [-0.05, 0) is 12.8 Å². The van der Waals surface area contributed by atoms with Crippen molar-refractivity contribution in [3.8, 4) is 0 Å². The van der Waals surface area contributed by atoms with Crippen LogP contribution in [0.2, 0.25) is 0 Å². The summed E-state index contributed by atoms with van der Waals surface area (Å²) in [6.45, 7) is 2.07. The second kappa shape index (κ2) is 3.41. The first-order valence-electron chi connectivity index (χ1n) is 4.25. The van der Waals surface area contributed by atoms with E-state index in [1.54, 1.807) is 11.3 Å². The number of nitrogens with two attached hydrogens (primary N) is 1. The van der Waals surface area contributed by atoms with E-state index < -0.39 is 0 Å². The zero-order chi connectivity index (χ0) is 8.39. The molecule has 66 valence electrons. The van der Waals surface area contributed by atoms with Gasteiger partial charge in [0, 0.05) is 24.5 Å². The molecule has 2 heterocycles. The smallest absolute Gasteiger partial charge is 0.139 e. The Morgan fingerprint density at radius 2 is 2.58 bits per heavy atom. The molecule has 0 amide bonds. The van der Waals surface area contributed by atoms with Gasteiger partial charge in [0.15, 0.2) is 0 Å². The maximum atomic E-state index is 5.87. The highest BCUT2D eigenvalue weighted by atomic mass is 32.1. The van der Waals surface area contributed by atoms with Crippen LogP contribution in [-0.2, 0) is 0 Å². The van der Waals surface area contributed by atoms with Crippen LogP contribution in [0.15, 0.2) is 10.9 Å². The van der Waals surface area contributed by atoms with Crippen LogP contribution in [0.3, 0.4) is 0 Å². The van der Waals surface area contributed by atoms with Gasteiger partial charge in [-0.15, -0.1) is 11.3 Å². The first-order chi connectivity index (χ1) is 5.86. The lowest BCUT2D eigenvalue weighted by atomic mass is 10.1. The van der Waals surface area contributed by atoms with Gasteiger partial charge in [-0.2, -0.15) is 0 Å². The Labute approximate surface area is 76.2 Å². The highest BCUT2D eigenvalue weighted by Crippen LogP contribution is 2.18. The van der Waals surface area contributed by atoms with Crippen molar-refractivity contribution in [2.24, 2.45) is 5.73 Å². The summed E-state index contributed by atoms with van der Waals surface area (Å²) < 4.78 is 0. The van der Waals surface area contributed by atoms with Crippen LogP contribution in [0.5, 0.6) is 0 Å². The number of hydrogen-bond donors (Lipinski definition) is 1. The zero-order valence-corrected chi connectivity index (χ0v) is 7.76. The zero-order valence-electron chi connectivity index (χ0n) is 6.94. The fourth-order valence-electron chi connectivity index (χ4n) is 1.58. The number of nitrogens with zero attached hydrogens (tertiary/aromatic N) is 2. The molecule has 1 aromatic rings. The van der Waals surface area contributed by atoms with Gasteiger partial charge in [-0.1, -0.05) is 0 Å². The second-order valence-corrected chi connectivity index (χ2v) is 3.91.